The first-order valence-electron chi connectivity index (χ1n) is 4.22. The second-order valence-corrected chi connectivity index (χ2v) is 3.75. The van der Waals surface area contributed by atoms with E-state index in [9.17, 15) is 0 Å². The van der Waals surface area contributed by atoms with Crippen molar-refractivity contribution >= 4 is 16.3 Å². The molecule has 0 saturated carbocycles. The lowest BCUT2D eigenvalue weighted by Crippen LogP contribution is -2.36. The Bertz CT molecular complexity index is 323. The maximum absolute atomic E-state index is 8.84. The first-order valence-corrected chi connectivity index (χ1v) is 5.10. The third kappa shape index (κ3) is 1.67. The molecule has 1 aliphatic rings. The summed E-state index contributed by atoms with van der Waals surface area (Å²) < 4.78 is 5.25. The number of morpholine rings is 1. The van der Waals surface area contributed by atoms with Gasteiger partial charge in [0.2, 0.25) is 0 Å². The summed E-state index contributed by atoms with van der Waals surface area (Å²) in [5.74, 6) is 0. The topological polar surface area (TPSA) is 36.3 Å². The molecule has 2 rings (SSSR count). The van der Waals surface area contributed by atoms with Crippen molar-refractivity contribution in [3.63, 3.8) is 0 Å². The molecule has 0 aromatic carbocycles. The molecular weight excluding hydrogens is 184 g/mol. The molecule has 0 N–H and O–H groups in total. The van der Waals surface area contributed by atoms with E-state index < -0.39 is 0 Å². The summed E-state index contributed by atoms with van der Waals surface area (Å²) in [5, 5.41) is 11.9. The van der Waals surface area contributed by atoms with Gasteiger partial charge in [0, 0.05) is 13.1 Å². The number of hydrogen-bond donors (Lipinski definition) is 0. The van der Waals surface area contributed by atoms with E-state index in [1.807, 2.05) is 11.4 Å². The number of thiophene rings is 1. The molecule has 1 saturated heterocycles. The van der Waals surface area contributed by atoms with Gasteiger partial charge in [-0.3, -0.25) is 0 Å². The van der Waals surface area contributed by atoms with Crippen LogP contribution in [0.15, 0.2) is 11.4 Å². The number of rotatable bonds is 1. The number of ether oxygens (including phenoxy) is 1. The van der Waals surface area contributed by atoms with Crippen molar-refractivity contribution in [2.45, 2.75) is 0 Å². The van der Waals surface area contributed by atoms with E-state index in [1.165, 1.54) is 0 Å². The standard InChI is InChI=1S/C9H10N2OS/c10-7-8-1-6-13-9(8)11-2-4-12-5-3-11/h1,6H,2-5H2. The molecule has 68 valence electrons. The van der Waals surface area contributed by atoms with Gasteiger partial charge >= 0.3 is 0 Å². The second-order valence-electron chi connectivity index (χ2n) is 2.85. The number of hydrogen-bond acceptors (Lipinski definition) is 4. The monoisotopic (exact) mass is 194 g/mol. The van der Waals surface area contributed by atoms with Gasteiger partial charge in [-0.1, -0.05) is 0 Å². The highest BCUT2D eigenvalue weighted by Crippen LogP contribution is 2.27. The Morgan fingerprint density at radius 3 is 2.92 bits per heavy atom. The Morgan fingerprint density at radius 1 is 1.46 bits per heavy atom. The third-order valence-corrected chi connectivity index (χ3v) is 3.04. The summed E-state index contributed by atoms with van der Waals surface area (Å²) in [5.41, 5.74) is 0.784. The van der Waals surface area contributed by atoms with Gasteiger partial charge in [0.15, 0.2) is 0 Å². The molecule has 0 unspecified atom stereocenters. The zero-order valence-corrected chi connectivity index (χ0v) is 8.01. The van der Waals surface area contributed by atoms with Crippen molar-refractivity contribution in [1.29, 1.82) is 5.26 Å². The van der Waals surface area contributed by atoms with Crippen molar-refractivity contribution in [2.75, 3.05) is 31.2 Å². The minimum absolute atomic E-state index is 0.767. The predicted molar refractivity (Wildman–Crippen MR) is 52.1 cm³/mol. The molecule has 0 spiro atoms. The number of nitrogens with zero attached hydrogens (tertiary/aromatic N) is 2. The van der Waals surface area contributed by atoms with Crippen LogP contribution in [0.2, 0.25) is 0 Å². The highest BCUT2D eigenvalue weighted by molar-refractivity contribution is 7.14. The molecule has 1 aromatic rings. The first kappa shape index (κ1) is 8.54. The minimum Gasteiger partial charge on any atom is -0.378 e. The van der Waals surface area contributed by atoms with Crippen LogP contribution < -0.4 is 4.90 Å². The van der Waals surface area contributed by atoms with Crippen molar-refractivity contribution in [1.82, 2.24) is 0 Å². The molecule has 0 amide bonds. The van der Waals surface area contributed by atoms with E-state index in [-0.39, 0.29) is 0 Å². The molecule has 13 heavy (non-hydrogen) atoms. The van der Waals surface area contributed by atoms with E-state index in [0.717, 1.165) is 36.9 Å². The Hall–Kier alpha value is -1.05. The normalized spacial score (nSPS) is 17.0. The van der Waals surface area contributed by atoms with Crippen LogP contribution in [-0.2, 0) is 4.74 Å². The average molecular weight is 194 g/mol. The van der Waals surface area contributed by atoms with Gasteiger partial charge in [-0.25, -0.2) is 0 Å². The molecule has 0 atom stereocenters. The fourth-order valence-electron chi connectivity index (χ4n) is 1.40. The van der Waals surface area contributed by atoms with E-state index in [2.05, 4.69) is 11.0 Å². The first-order chi connectivity index (χ1) is 6.42. The SMILES string of the molecule is N#Cc1ccsc1N1CCOCC1. The van der Waals surface area contributed by atoms with Crippen molar-refractivity contribution < 1.29 is 4.74 Å². The van der Waals surface area contributed by atoms with Crippen molar-refractivity contribution in [3.8, 4) is 6.07 Å². The summed E-state index contributed by atoms with van der Waals surface area (Å²) in [4.78, 5) is 2.22. The average Bonchev–Trinajstić information content (AvgIpc) is 2.67. The van der Waals surface area contributed by atoms with E-state index in [1.54, 1.807) is 11.3 Å². The van der Waals surface area contributed by atoms with Gasteiger partial charge in [-0.15, -0.1) is 11.3 Å². The summed E-state index contributed by atoms with van der Waals surface area (Å²) >= 11 is 1.63. The maximum Gasteiger partial charge on any atom is 0.109 e. The van der Waals surface area contributed by atoms with Crippen LogP contribution in [-0.4, -0.2) is 26.3 Å². The summed E-state index contributed by atoms with van der Waals surface area (Å²) in [7, 11) is 0. The van der Waals surface area contributed by atoms with Crippen molar-refractivity contribution in [2.24, 2.45) is 0 Å². The lowest BCUT2D eigenvalue weighted by atomic mass is 10.3. The van der Waals surface area contributed by atoms with Crippen LogP contribution in [0.1, 0.15) is 5.56 Å². The zero-order valence-electron chi connectivity index (χ0n) is 7.19. The molecule has 2 heterocycles. The van der Waals surface area contributed by atoms with Gasteiger partial charge < -0.3 is 9.64 Å². The molecule has 0 radical (unpaired) electrons. The Labute approximate surface area is 81.2 Å². The predicted octanol–water partition coefficient (Wildman–Crippen LogP) is 1.46. The maximum atomic E-state index is 8.84. The minimum atomic E-state index is 0.767. The molecule has 3 nitrogen and oxygen atoms in total. The Balaban J connectivity index is 2.19. The Morgan fingerprint density at radius 2 is 2.23 bits per heavy atom. The Kier molecular flexibility index (Phi) is 2.48. The van der Waals surface area contributed by atoms with Crippen LogP contribution in [0.3, 0.4) is 0 Å². The van der Waals surface area contributed by atoms with Crippen LogP contribution in [0.25, 0.3) is 0 Å². The smallest absolute Gasteiger partial charge is 0.109 e. The van der Waals surface area contributed by atoms with Crippen LogP contribution in [0.5, 0.6) is 0 Å². The van der Waals surface area contributed by atoms with Crippen molar-refractivity contribution in [3.05, 3.63) is 17.0 Å². The summed E-state index contributed by atoms with van der Waals surface area (Å²) in [6.45, 7) is 3.33. The molecule has 1 aliphatic heterocycles. The molecule has 1 fully saturated rings. The van der Waals surface area contributed by atoms with E-state index in [4.69, 9.17) is 10.00 Å². The number of anilines is 1. The summed E-state index contributed by atoms with van der Waals surface area (Å²) in [6.07, 6.45) is 0. The zero-order chi connectivity index (χ0) is 9.10. The van der Waals surface area contributed by atoms with Gasteiger partial charge in [-0.05, 0) is 11.4 Å². The largest absolute Gasteiger partial charge is 0.378 e. The lowest BCUT2D eigenvalue weighted by molar-refractivity contribution is 0.123. The van der Waals surface area contributed by atoms with E-state index >= 15 is 0 Å². The van der Waals surface area contributed by atoms with Gasteiger partial charge in [-0.2, -0.15) is 5.26 Å². The van der Waals surface area contributed by atoms with Gasteiger partial charge in [0.1, 0.15) is 11.1 Å². The quantitative estimate of drug-likeness (QED) is 0.679. The van der Waals surface area contributed by atoms with E-state index in [0.29, 0.717) is 0 Å². The van der Waals surface area contributed by atoms with Crippen LogP contribution in [0.4, 0.5) is 5.00 Å². The molecule has 0 aliphatic carbocycles. The molecule has 1 aromatic heterocycles. The highest BCUT2D eigenvalue weighted by atomic mass is 32.1. The van der Waals surface area contributed by atoms with Crippen LogP contribution in [0, 0.1) is 11.3 Å². The lowest BCUT2D eigenvalue weighted by Gasteiger charge is -2.27. The number of nitriles is 1. The molecule has 4 heteroatoms. The molecular formula is C9H10N2OS. The third-order valence-electron chi connectivity index (χ3n) is 2.06. The second kappa shape index (κ2) is 3.77. The molecule has 0 bridgehead atoms. The highest BCUT2D eigenvalue weighted by Gasteiger charge is 2.15. The fraction of sp³-hybridized carbons (Fsp3) is 0.444. The summed E-state index contributed by atoms with van der Waals surface area (Å²) in [6, 6.07) is 4.07. The van der Waals surface area contributed by atoms with Gasteiger partial charge in [0.05, 0.1) is 18.8 Å². The van der Waals surface area contributed by atoms with Gasteiger partial charge in [0.25, 0.3) is 0 Å². The van der Waals surface area contributed by atoms with Crippen LogP contribution >= 0.6 is 11.3 Å². The fourth-order valence-corrected chi connectivity index (χ4v) is 2.30.